The molecule has 0 radical (unpaired) electrons. The molecule has 0 aliphatic rings. The SMILES string of the molecule is CCCc1cc(NC)nc(-c2ccc(C)c(Br)c2)n1. The van der Waals surface area contributed by atoms with E-state index in [9.17, 15) is 0 Å². The third-order valence-electron chi connectivity index (χ3n) is 2.97. The molecule has 0 fully saturated rings. The number of benzene rings is 1. The van der Waals surface area contributed by atoms with Gasteiger partial charge in [0.25, 0.3) is 0 Å². The van der Waals surface area contributed by atoms with Crippen molar-refractivity contribution >= 4 is 21.7 Å². The number of aryl methyl sites for hydroxylation is 2. The fraction of sp³-hybridized carbons (Fsp3) is 0.333. The van der Waals surface area contributed by atoms with Crippen molar-refractivity contribution in [1.29, 1.82) is 0 Å². The van der Waals surface area contributed by atoms with Gasteiger partial charge >= 0.3 is 0 Å². The summed E-state index contributed by atoms with van der Waals surface area (Å²) in [7, 11) is 1.88. The molecule has 1 heterocycles. The largest absolute Gasteiger partial charge is 0.373 e. The standard InChI is InChI=1S/C15H18BrN3/c1-4-5-12-9-14(17-3)19-15(18-12)11-7-6-10(2)13(16)8-11/h6-9H,4-5H2,1-3H3,(H,17,18,19). The van der Waals surface area contributed by atoms with E-state index in [2.05, 4.69) is 63.3 Å². The molecule has 0 amide bonds. The monoisotopic (exact) mass is 319 g/mol. The van der Waals surface area contributed by atoms with E-state index >= 15 is 0 Å². The molecule has 2 aromatic rings. The van der Waals surface area contributed by atoms with Crippen molar-refractivity contribution in [2.75, 3.05) is 12.4 Å². The fourth-order valence-corrected chi connectivity index (χ4v) is 2.25. The number of hydrogen-bond donors (Lipinski definition) is 1. The van der Waals surface area contributed by atoms with Crippen LogP contribution in [0.15, 0.2) is 28.7 Å². The third-order valence-corrected chi connectivity index (χ3v) is 3.83. The van der Waals surface area contributed by atoms with E-state index in [0.717, 1.165) is 40.2 Å². The van der Waals surface area contributed by atoms with Gasteiger partial charge < -0.3 is 5.32 Å². The molecule has 0 atom stereocenters. The van der Waals surface area contributed by atoms with Crippen molar-refractivity contribution < 1.29 is 0 Å². The van der Waals surface area contributed by atoms with Gasteiger partial charge in [-0.05, 0) is 25.0 Å². The van der Waals surface area contributed by atoms with Crippen LogP contribution in [0.3, 0.4) is 0 Å². The summed E-state index contributed by atoms with van der Waals surface area (Å²) in [5.74, 6) is 1.64. The highest BCUT2D eigenvalue weighted by Crippen LogP contribution is 2.24. The second-order valence-electron chi connectivity index (χ2n) is 4.53. The molecule has 0 unspecified atom stereocenters. The molecule has 2 rings (SSSR count). The van der Waals surface area contributed by atoms with Gasteiger partial charge in [-0.25, -0.2) is 9.97 Å². The number of rotatable bonds is 4. The molecular formula is C15H18BrN3. The van der Waals surface area contributed by atoms with Gasteiger partial charge in [-0.2, -0.15) is 0 Å². The van der Waals surface area contributed by atoms with Crippen LogP contribution in [0.2, 0.25) is 0 Å². The number of hydrogen-bond acceptors (Lipinski definition) is 3. The number of nitrogens with zero attached hydrogens (tertiary/aromatic N) is 2. The van der Waals surface area contributed by atoms with Crippen LogP contribution in [0.25, 0.3) is 11.4 Å². The Bertz CT molecular complexity index is 582. The Kier molecular flexibility index (Phi) is 4.53. The third kappa shape index (κ3) is 3.32. The second-order valence-corrected chi connectivity index (χ2v) is 5.39. The minimum Gasteiger partial charge on any atom is -0.373 e. The van der Waals surface area contributed by atoms with E-state index in [-0.39, 0.29) is 0 Å². The Balaban J connectivity index is 2.47. The van der Waals surface area contributed by atoms with Crippen LogP contribution in [-0.4, -0.2) is 17.0 Å². The Morgan fingerprint density at radius 1 is 1.21 bits per heavy atom. The first-order valence-electron chi connectivity index (χ1n) is 6.46. The van der Waals surface area contributed by atoms with E-state index < -0.39 is 0 Å². The minimum absolute atomic E-state index is 0.774. The summed E-state index contributed by atoms with van der Waals surface area (Å²) in [6.45, 7) is 4.23. The first-order chi connectivity index (χ1) is 9.13. The number of halogens is 1. The van der Waals surface area contributed by atoms with Gasteiger partial charge in [0.1, 0.15) is 5.82 Å². The molecule has 0 spiro atoms. The van der Waals surface area contributed by atoms with E-state index in [1.807, 2.05) is 13.1 Å². The normalized spacial score (nSPS) is 10.5. The van der Waals surface area contributed by atoms with Gasteiger partial charge in [-0.1, -0.05) is 41.4 Å². The smallest absolute Gasteiger partial charge is 0.161 e. The summed E-state index contributed by atoms with van der Waals surface area (Å²) < 4.78 is 1.08. The molecule has 0 aliphatic carbocycles. The van der Waals surface area contributed by atoms with E-state index in [0.29, 0.717) is 0 Å². The maximum atomic E-state index is 4.64. The molecule has 0 bridgehead atoms. The van der Waals surface area contributed by atoms with Crippen LogP contribution in [0.4, 0.5) is 5.82 Å². The first-order valence-corrected chi connectivity index (χ1v) is 7.25. The topological polar surface area (TPSA) is 37.8 Å². The predicted molar refractivity (Wildman–Crippen MR) is 83.4 cm³/mol. The maximum Gasteiger partial charge on any atom is 0.161 e. The summed E-state index contributed by atoms with van der Waals surface area (Å²) in [4.78, 5) is 9.17. The Morgan fingerprint density at radius 2 is 2.00 bits per heavy atom. The van der Waals surface area contributed by atoms with Gasteiger partial charge in [-0.3, -0.25) is 0 Å². The van der Waals surface area contributed by atoms with Crippen LogP contribution in [-0.2, 0) is 6.42 Å². The molecular weight excluding hydrogens is 302 g/mol. The van der Waals surface area contributed by atoms with Crippen molar-refractivity contribution in [3.63, 3.8) is 0 Å². The molecule has 0 saturated heterocycles. The van der Waals surface area contributed by atoms with Gasteiger partial charge in [0.05, 0.1) is 0 Å². The van der Waals surface area contributed by atoms with Crippen LogP contribution in [0.5, 0.6) is 0 Å². The van der Waals surface area contributed by atoms with Gasteiger partial charge in [-0.15, -0.1) is 0 Å². The quantitative estimate of drug-likeness (QED) is 0.917. The highest BCUT2D eigenvalue weighted by Gasteiger charge is 2.07. The molecule has 3 nitrogen and oxygen atoms in total. The first kappa shape index (κ1) is 14.0. The van der Waals surface area contributed by atoms with Crippen LogP contribution < -0.4 is 5.32 Å². The average Bonchev–Trinajstić information content (AvgIpc) is 2.42. The summed E-state index contributed by atoms with van der Waals surface area (Å²) >= 11 is 3.56. The number of aromatic nitrogens is 2. The Labute approximate surface area is 122 Å². The molecule has 19 heavy (non-hydrogen) atoms. The lowest BCUT2D eigenvalue weighted by Crippen LogP contribution is -2.01. The van der Waals surface area contributed by atoms with E-state index in [1.165, 1.54) is 5.56 Å². The minimum atomic E-state index is 0.774. The average molecular weight is 320 g/mol. The molecule has 0 saturated carbocycles. The highest BCUT2D eigenvalue weighted by molar-refractivity contribution is 9.10. The van der Waals surface area contributed by atoms with Crippen LogP contribution >= 0.6 is 15.9 Å². The van der Waals surface area contributed by atoms with Gasteiger partial charge in [0, 0.05) is 28.8 Å². The fourth-order valence-electron chi connectivity index (χ4n) is 1.87. The summed E-state index contributed by atoms with van der Waals surface area (Å²) in [5, 5.41) is 3.10. The van der Waals surface area contributed by atoms with Crippen molar-refractivity contribution in [2.24, 2.45) is 0 Å². The van der Waals surface area contributed by atoms with Crippen molar-refractivity contribution in [3.05, 3.63) is 40.0 Å². The predicted octanol–water partition coefficient (Wildman–Crippen LogP) is 4.21. The summed E-state index contributed by atoms with van der Waals surface area (Å²) in [5.41, 5.74) is 3.32. The van der Waals surface area contributed by atoms with Gasteiger partial charge in [0.2, 0.25) is 0 Å². The molecule has 1 aromatic heterocycles. The van der Waals surface area contributed by atoms with Crippen molar-refractivity contribution in [3.8, 4) is 11.4 Å². The zero-order valence-electron chi connectivity index (χ0n) is 11.5. The lowest BCUT2D eigenvalue weighted by atomic mass is 10.1. The van der Waals surface area contributed by atoms with Crippen LogP contribution in [0, 0.1) is 6.92 Å². The lowest BCUT2D eigenvalue weighted by molar-refractivity contribution is 0.876. The lowest BCUT2D eigenvalue weighted by Gasteiger charge is -2.08. The number of anilines is 1. The van der Waals surface area contributed by atoms with E-state index in [1.54, 1.807) is 0 Å². The summed E-state index contributed by atoms with van der Waals surface area (Å²) in [6.07, 6.45) is 2.05. The van der Waals surface area contributed by atoms with Gasteiger partial charge in [0.15, 0.2) is 5.82 Å². The van der Waals surface area contributed by atoms with Crippen molar-refractivity contribution in [1.82, 2.24) is 9.97 Å². The van der Waals surface area contributed by atoms with E-state index in [4.69, 9.17) is 0 Å². The highest BCUT2D eigenvalue weighted by atomic mass is 79.9. The molecule has 100 valence electrons. The van der Waals surface area contributed by atoms with Crippen LogP contribution in [0.1, 0.15) is 24.6 Å². The molecule has 1 aromatic carbocycles. The molecule has 0 aliphatic heterocycles. The second kappa shape index (κ2) is 6.15. The summed E-state index contributed by atoms with van der Waals surface area (Å²) in [6, 6.07) is 8.22. The Hall–Kier alpha value is -1.42. The number of nitrogens with one attached hydrogen (secondary N) is 1. The molecule has 4 heteroatoms. The zero-order valence-corrected chi connectivity index (χ0v) is 13.1. The van der Waals surface area contributed by atoms with Crippen molar-refractivity contribution in [2.45, 2.75) is 26.7 Å². The Morgan fingerprint density at radius 3 is 2.63 bits per heavy atom. The molecule has 1 N–H and O–H groups in total. The maximum absolute atomic E-state index is 4.64. The zero-order chi connectivity index (χ0) is 13.8.